The molecule has 0 N–H and O–H groups in total. The molecule has 9 heteroatoms. The molecule has 1 fully saturated rings. The highest BCUT2D eigenvalue weighted by molar-refractivity contribution is 9.10. The first-order valence-corrected chi connectivity index (χ1v) is 4.23. The van der Waals surface area contributed by atoms with Gasteiger partial charge < -0.3 is 4.74 Å². The quantitative estimate of drug-likeness (QED) is 0.423. The van der Waals surface area contributed by atoms with Crippen molar-refractivity contribution in [3.05, 3.63) is 0 Å². The molecule has 1 aliphatic carbocycles. The van der Waals surface area contributed by atoms with Crippen molar-refractivity contribution in [2.24, 2.45) is 0 Å². The summed E-state index contributed by atoms with van der Waals surface area (Å²) >= 11 is 1.66. The topological polar surface area (TPSA) is 26.3 Å². The third kappa shape index (κ3) is 1.09. The monoisotopic (exact) mass is 300 g/mol. The van der Waals surface area contributed by atoms with Gasteiger partial charge in [0, 0.05) is 6.92 Å². The van der Waals surface area contributed by atoms with Crippen LogP contribution >= 0.6 is 15.9 Å². The summed E-state index contributed by atoms with van der Waals surface area (Å²) in [6.45, 7) is 0.547. The van der Waals surface area contributed by atoms with Gasteiger partial charge in [0.05, 0.1) is 0 Å². The second kappa shape index (κ2) is 2.80. The lowest BCUT2D eigenvalue weighted by Gasteiger charge is -2.54. The van der Waals surface area contributed by atoms with Gasteiger partial charge in [-0.25, -0.2) is 0 Å². The Bertz CT molecular complexity index is 297. The maximum Gasteiger partial charge on any atom is 0.382 e. The molecule has 1 rings (SSSR count). The number of ether oxygens (including phenoxy) is 1. The summed E-state index contributed by atoms with van der Waals surface area (Å²) in [6, 6.07) is 0. The molecule has 0 heterocycles. The average molecular weight is 301 g/mol. The average Bonchev–Trinajstić information content (AvgIpc) is 2.00. The molecule has 88 valence electrons. The lowest BCUT2D eigenvalue weighted by atomic mass is 9.80. The summed E-state index contributed by atoms with van der Waals surface area (Å²) in [5.74, 6) is -17.4. The molecule has 1 saturated carbocycles. The van der Waals surface area contributed by atoms with Crippen LogP contribution in [0.4, 0.5) is 26.3 Å². The third-order valence-electron chi connectivity index (χ3n) is 1.88. The van der Waals surface area contributed by atoms with Crippen LogP contribution in [-0.4, -0.2) is 28.2 Å². The van der Waals surface area contributed by atoms with Crippen molar-refractivity contribution in [3.8, 4) is 0 Å². The first-order chi connectivity index (χ1) is 6.42. The molecule has 0 spiro atoms. The number of carbonyl (C=O) groups excluding carboxylic acids is 1. The predicted octanol–water partition coefficient (Wildman–Crippen LogP) is 2.56. The van der Waals surface area contributed by atoms with E-state index in [1.54, 1.807) is 15.9 Å². The van der Waals surface area contributed by atoms with Crippen LogP contribution in [0, 0.1) is 0 Å². The van der Waals surface area contributed by atoms with E-state index < -0.39 is 28.2 Å². The van der Waals surface area contributed by atoms with E-state index >= 15 is 0 Å². The zero-order valence-electron chi connectivity index (χ0n) is 6.96. The first-order valence-electron chi connectivity index (χ1n) is 3.44. The molecule has 1 aliphatic rings. The minimum Gasteiger partial charge on any atom is -0.434 e. The summed E-state index contributed by atoms with van der Waals surface area (Å²) in [4.78, 5) is 10.3. The maximum absolute atomic E-state index is 12.7. The molecule has 0 aromatic heterocycles. The number of hydrogen-bond donors (Lipinski definition) is 0. The summed E-state index contributed by atoms with van der Waals surface area (Å²) in [5, 5.41) is 0. The number of esters is 1. The fourth-order valence-electron chi connectivity index (χ4n) is 1.06. The van der Waals surface area contributed by atoms with E-state index in [0.717, 1.165) is 0 Å². The Morgan fingerprint density at radius 3 is 1.60 bits per heavy atom. The van der Waals surface area contributed by atoms with E-state index in [1.807, 2.05) is 0 Å². The molecule has 0 aliphatic heterocycles. The molecule has 0 unspecified atom stereocenters. The lowest BCUT2D eigenvalue weighted by Crippen LogP contribution is -2.84. The van der Waals surface area contributed by atoms with Gasteiger partial charge in [0.2, 0.25) is 0 Å². The highest BCUT2D eigenvalue weighted by atomic mass is 79.9. The van der Waals surface area contributed by atoms with Gasteiger partial charge in [-0.3, -0.25) is 4.79 Å². The standard InChI is InChI=1S/C6H3BrF6O2/c1-2(14)15-3(7)4(8,9)6(12,13)5(3,10)11/h1H3. The predicted molar refractivity (Wildman–Crippen MR) is 38.3 cm³/mol. The van der Waals surface area contributed by atoms with Crippen LogP contribution < -0.4 is 0 Å². The molecular weight excluding hydrogens is 298 g/mol. The maximum atomic E-state index is 12.7. The fraction of sp³-hybridized carbons (Fsp3) is 0.833. The SMILES string of the molecule is CC(=O)OC1(Br)C(F)(F)C(F)(F)C1(F)F. The number of halogens is 7. The normalized spacial score (nSPS) is 29.1. The van der Waals surface area contributed by atoms with Crippen molar-refractivity contribution in [1.29, 1.82) is 0 Å². The molecule has 0 saturated heterocycles. The van der Waals surface area contributed by atoms with Crippen LogP contribution in [0.2, 0.25) is 0 Å². The van der Waals surface area contributed by atoms with E-state index in [4.69, 9.17) is 0 Å². The van der Waals surface area contributed by atoms with Gasteiger partial charge >= 0.3 is 28.2 Å². The van der Waals surface area contributed by atoms with Crippen molar-refractivity contribution in [2.45, 2.75) is 29.2 Å². The first kappa shape index (κ1) is 12.6. The summed E-state index contributed by atoms with van der Waals surface area (Å²) < 4.78 is 74.9. The second-order valence-electron chi connectivity index (χ2n) is 2.91. The minimum absolute atomic E-state index is 0.547. The highest BCUT2D eigenvalue weighted by Crippen LogP contribution is 2.70. The third-order valence-corrected chi connectivity index (χ3v) is 3.04. The van der Waals surface area contributed by atoms with E-state index in [1.165, 1.54) is 0 Å². The van der Waals surface area contributed by atoms with Gasteiger partial charge in [-0.1, -0.05) is 0 Å². The Balaban J connectivity index is 3.16. The Kier molecular flexibility index (Phi) is 2.35. The highest BCUT2D eigenvalue weighted by Gasteiger charge is 3.00. The lowest BCUT2D eigenvalue weighted by molar-refractivity contribution is -0.456. The van der Waals surface area contributed by atoms with Crippen molar-refractivity contribution in [3.63, 3.8) is 0 Å². The van der Waals surface area contributed by atoms with E-state index in [9.17, 15) is 31.1 Å². The van der Waals surface area contributed by atoms with Gasteiger partial charge in [0.25, 0.3) is 0 Å². The van der Waals surface area contributed by atoms with E-state index in [2.05, 4.69) is 4.74 Å². The molecule has 0 amide bonds. The van der Waals surface area contributed by atoms with Crippen molar-refractivity contribution in [2.75, 3.05) is 0 Å². The van der Waals surface area contributed by atoms with Crippen molar-refractivity contribution >= 4 is 21.9 Å². The van der Waals surface area contributed by atoms with Crippen LogP contribution in [0.5, 0.6) is 0 Å². The van der Waals surface area contributed by atoms with Crippen molar-refractivity contribution in [1.82, 2.24) is 0 Å². The summed E-state index contributed by atoms with van der Waals surface area (Å²) in [7, 11) is 0. The van der Waals surface area contributed by atoms with Gasteiger partial charge in [-0.2, -0.15) is 26.3 Å². The van der Waals surface area contributed by atoms with E-state index in [-0.39, 0.29) is 0 Å². The summed E-state index contributed by atoms with van der Waals surface area (Å²) in [5.41, 5.74) is 0. The van der Waals surface area contributed by atoms with Crippen LogP contribution in [0.15, 0.2) is 0 Å². The molecule has 2 nitrogen and oxygen atoms in total. The van der Waals surface area contributed by atoms with Gasteiger partial charge in [-0.15, -0.1) is 0 Å². The largest absolute Gasteiger partial charge is 0.434 e. The Hall–Kier alpha value is -0.470. The molecule has 0 aromatic carbocycles. The van der Waals surface area contributed by atoms with Crippen LogP contribution in [0.25, 0.3) is 0 Å². The van der Waals surface area contributed by atoms with Crippen LogP contribution in [-0.2, 0) is 9.53 Å². The zero-order chi connectivity index (χ0) is 12.3. The van der Waals surface area contributed by atoms with Gasteiger partial charge in [0.1, 0.15) is 0 Å². The number of rotatable bonds is 1. The number of alkyl halides is 7. The summed E-state index contributed by atoms with van der Waals surface area (Å²) in [6.07, 6.45) is 0. The zero-order valence-corrected chi connectivity index (χ0v) is 8.55. The molecule has 0 atom stereocenters. The molecule has 15 heavy (non-hydrogen) atoms. The molecule has 0 bridgehead atoms. The molecular formula is C6H3BrF6O2. The van der Waals surface area contributed by atoms with Crippen LogP contribution in [0.1, 0.15) is 6.92 Å². The second-order valence-corrected chi connectivity index (χ2v) is 4.03. The fourth-order valence-corrected chi connectivity index (χ4v) is 1.79. The number of carbonyl (C=O) groups is 1. The van der Waals surface area contributed by atoms with Gasteiger partial charge in [0.15, 0.2) is 0 Å². The van der Waals surface area contributed by atoms with Crippen molar-refractivity contribution < 1.29 is 35.9 Å². The Morgan fingerprint density at radius 1 is 1.00 bits per heavy atom. The molecule has 0 radical (unpaired) electrons. The smallest absolute Gasteiger partial charge is 0.382 e. The molecule has 0 aromatic rings. The Labute approximate surface area is 87.7 Å². The minimum atomic E-state index is -5.56. The van der Waals surface area contributed by atoms with Crippen LogP contribution in [0.3, 0.4) is 0 Å². The number of hydrogen-bond acceptors (Lipinski definition) is 2. The Morgan fingerprint density at radius 2 is 1.33 bits per heavy atom. The van der Waals surface area contributed by atoms with Gasteiger partial charge in [-0.05, 0) is 15.9 Å². The van der Waals surface area contributed by atoms with E-state index in [0.29, 0.717) is 6.92 Å².